The molecule has 1 heterocycles. The Labute approximate surface area is 81.8 Å². The van der Waals surface area contributed by atoms with E-state index in [-0.39, 0.29) is 0 Å². The molecule has 66 valence electrons. The topological polar surface area (TPSA) is 13.1 Å². The summed E-state index contributed by atoms with van der Waals surface area (Å²) >= 11 is 7.34. The molecule has 0 atom stereocenters. The molecule has 1 rings (SSSR count). The normalized spacial score (nSPS) is 10.1. The van der Waals surface area contributed by atoms with E-state index in [1.807, 2.05) is 12.1 Å². The van der Waals surface area contributed by atoms with E-state index in [0.717, 1.165) is 22.8 Å². The average molecular weight is 203 g/mol. The minimum absolute atomic E-state index is 0.547. The summed E-state index contributed by atoms with van der Waals surface area (Å²) in [4.78, 5) is 0. The molecule has 0 saturated heterocycles. The highest BCUT2D eigenvalue weighted by atomic mass is 35.5. The summed E-state index contributed by atoms with van der Waals surface area (Å²) in [6.45, 7) is 3.81. The van der Waals surface area contributed by atoms with Crippen LogP contribution in [0.2, 0.25) is 0 Å². The van der Waals surface area contributed by atoms with Crippen LogP contribution >= 0.6 is 23.4 Å². The zero-order valence-corrected chi connectivity index (χ0v) is 8.33. The molecule has 1 aromatic heterocycles. The molecule has 12 heavy (non-hydrogen) atoms. The molecule has 0 aromatic carbocycles. The fourth-order valence-electron chi connectivity index (χ4n) is 0.729. The third kappa shape index (κ3) is 3.37. The fraction of sp³-hybridized carbons (Fsp3) is 0.333. The minimum atomic E-state index is 0.547. The lowest BCUT2D eigenvalue weighted by Crippen LogP contribution is -1.87. The van der Waals surface area contributed by atoms with Gasteiger partial charge in [-0.1, -0.05) is 12.2 Å². The van der Waals surface area contributed by atoms with Crippen LogP contribution in [0, 0.1) is 0 Å². The molecular weight excluding hydrogens is 192 g/mol. The lowest BCUT2D eigenvalue weighted by atomic mass is 10.4. The van der Waals surface area contributed by atoms with Crippen molar-refractivity contribution in [3.63, 3.8) is 0 Å². The summed E-state index contributed by atoms with van der Waals surface area (Å²) in [7, 11) is 0. The van der Waals surface area contributed by atoms with Crippen molar-refractivity contribution in [2.75, 3.05) is 11.6 Å². The molecule has 0 amide bonds. The predicted molar refractivity (Wildman–Crippen MR) is 54.7 cm³/mol. The molecule has 0 aliphatic carbocycles. The number of rotatable bonds is 5. The average Bonchev–Trinajstić information content (AvgIpc) is 2.57. The fourth-order valence-corrected chi connectivity index (χ4v) is 1.79. The SMILES string of the molecule is C=C(CCl)CSCc1ccco1. The molecule has 1 nitrogen and oxygen atoms in total. The second kappa shape index (κ2) is 5.33. The lowest BCUT2D eigenvalue weighted by Gasteiger charge is -1.98. The Morgan fingerprint density at radius 3 is 3.08 bits per heavy atom. The first kappa shape index (κ1) is 9.75. The van der Waals surface area contributed by atoms with E-state index in [1.165, 1.54) is 0 Å². The molecule has 0 aliphatic rings. The summed E-state index contributed by atoms with van der Waals surface area (Å²) in [5.41, 5.74) is 1.06. The number of alkyl halides is 1. The Hall–Kier alpha value is -0.340. The number of hydrogen-bond acceptors (Lipinski definition) is 2. The van der Waals surface area contributed by atoms with E-state index in [0.29, 0.717) is 5.88 Å². The van der Waals surface area contributed by atoms with Gasteiger partial charge in [0.25, 0.3) is 0 Å². The number of furan rings is 1. The third-order valence-electron chi connectivity index (χ3n) is 1.32. The van der Waals surface area contributed by atoms with Crippen LogP contribution in [-0.4, -0.2) is 11.6 Å². The van der Waals surface area contributed by atoms with Crippen LogP contribution in [0.4, 0.5) is 0 Å². The van der Waals surface area contributed by atoms with E-state index in [1.54, 1.807) is 18.0 Å². The van der Waals surface area contributed by atoms with Gasteiger partial charge in [0.2, 0.25) is 0 Å². The van der Waals surface area contributed by atoms with Crippen LogP contribution in [0.5, 0.6) is 0 Å². The summed E-state index contributed by atoms with van der Waals surface area (Å²) in [5.74, 6) is 3.35. The van der Waals surface area contributed by atoms with Crippen LogP contribution in [-0.2, 0) is 5.75 Å². The van der Waals surface area contributed by atoms with Crippen molar-refractivity contribution in [3.8, 4) is 0 Å². The highest BCUT2D eigenvalue weighted by Gasteiger charge is 1.96. The number of hydrogen-bond donors (Lipinski definition) is 0. The smallest absolute Gasteiger partial charge is 0.113 e. The van der Waals surface area contributed by atoms with Crippen molar-refractivity contribution in [3.05, 3.63) is 36.3 Å². The molecule has 0 unspecified atom stereocenters. The summed E-state index contributed by atoms with van der Waals surface area (Å²) in [6.07, 6.45) is 1.69. The maximum Gasteiger partial charge on any atom is 0.113 e. The first-order chi connectivity index (χ1) is 5.83. The van der Waals surface area contributed by atoms with Crippen LogP contribution in [0.1, 0.15) is 5.76 Å². The van der Waals surface area contributed by atoms with Gasteiger partial charge in [-0.2, -0.15) is 0 Å². The van der Waals surface area contributed by atoms with Crippen molar-refractivity contribution in [1.82, 2.24) is 0 Å². The van der Waals surface area contributed by atoms with Crippen molar-refractivity contribution in [2.45, 2.75) is 5.75 Å². The second-order valence-corrected chi connectivity index (χ2v) is 3.71. The van der Waals surface area contributed by atoms with Crippen LogP contribution in [0.25, 0.3) is 0 Å². The third-order valence-corrected chi connectivity index (χ3v) is 2.80. The first-order valence-corrected chi connectivity index (χ1v) is 5.34. The van der Waals surface area contributed by atoms with Gasteiger partial charge in [0.05, 0.1) is 12.0 Å². The van der Waals surface area contributed by atoms with Crippen molar-refractivity contribution in [2.24, 2.45) is 0 Å². The zero-order chi connectivity index (χ0) is 8.81. The van der Waals surface area contributed by atoms with Crippen molar-refractivity contribution < 1.29 is 4.42 Å². The molecule has 0 aliphatic heterocycles. The summed E-state index contributed by atoms with van der Waals surface area (Å²) in [6, 6.07) is 3.86. The largest absolute Gasteiger partial charge is 0.468 e. The maximum atomic E-state index is 5.58. The molecule has 0 fully saturated rings. The molecule has 0 radical (unpaired) electrons. The van der Waals surface area contributed by atoms with Gasteiger partial charge >= 0.3 is 0 Å². The van der Waals surface area contributed by atoms with Gasteiger partial charge in [-0.3, -0.25) is 0 Å². The Morgan fingerprint density at radius 1 is 1.67 bits per heavy atom. The maximum absolute atomic E-state index is 5.58. The summed E-state index contributed by atoms with van der Waals surface area (Å²) < 4.78 is 5.17. The van der Waals surface area contributed by atoms with Crippen molar-refractivity contribution in [1.29, 1.82) is 0 Å². The molecule has 1 aromatic rings. The van der Waals surface area contributed by atoms with Gasteiger partial charge in [-0.15, -0.1) is 23.4 Å². The van der Waals surface area contributed by atoms with Crippen LogP contribution in [0.15, 0.2) is 35.0 Å². The second-order valence-electron chi connectivity index (χ2n) is 2.46. The molecule has 0 N–H and O–H groups in total. The Balaban J connectivity index is 2.15. The highest BCUT2D eigenvalue weighted by Crippen LogP contribution is 2.15. The quantitative estimate of drug-likeness (QED) is 0.537. The Morgan fingerprint density at radius 2 is 2.50 bits per heavy atom. The van der Waals surface area contributed by atoms with Gasteiger partial charge < -0.3 is 4.42 Å². The lowest BCUT2D eigenvalue weighted by molar-refractivity contribution is 0.530. The van der Waals surface area contributed by atoms with Crippen molar-refractivity contribution >= 4 is 23.4 Å². The summed E-state index contributed by atoms with van der Waals surface area (Å²) in [5, 5.41) is 0. The standard InChI is InChI=1S/C9H11ClOS/c1-8(5-10)6-12-7-9-3-2-4-11-9/h2-4H,1,5-7H2. The van der Waals surface area contributed by atoms with Gasteiger partial charge in [0, 0.05) is 11.6 Å². The van der Waals surface area contributed by atoms with Gasteiger partial charge in [-0.05, 0) is 12.1 Å². The van der Waals surface area contributed by atoms with Crippen LogP contribution < -0.4 is 0 Å². The van der Waals surface area contributed by atoms with Gasteiger partial charge in [0.1, 0.15) is 5.76 Å². The molecule has 3 heteroatoms. The highest BCUT2D eigenvalue weighted by molar-refractivity contribution is 7.98. The molecule has 0 saturated carbocycles. The van der Waals surface area contributed by atoms with Crippen LogP contribution in [0.3, 0.4) is 0 Å². The van der Waals surface area contributed by atoms with E-state index in [2.05, 4.69) is 6.58 Å². The Bertz CT molecular complexity index is 231. The first-order valence-electron chi connectivity index (χ1n) is 3.65. The van der Waals surface area contributed by atoms with E-state index in [9.17, 15) is 0 Å². The predicted octanol–water partition coefficient (Wildman–Crippen LogP) is 3.31. The zero-order valence-electron chi connectivity index (χ0n) is 6.75. The molecule has 0 bridgehead atoms. The Kier molecular flexibility index (Phi) is 4.33. The molecular formula is C9H11ClOS. The minimum Gasteiger partial charge on any atom is -0.468 e. The van der Waals surface area contributed by atoms with E-state index < -0.39 is 0 Å². The number of halogens is 1. The van der Waals surface area contributed by atoms with Gasteiger partial charge in [0.15, 0.2) is 0 Å². The number of thioether (sulfide) groups is 1. The molecule has 0 spiro atoms. The van der Waals surface area contributed by atoms with E-state index >= 15 is 0 Å². The monoisotopic (exact) mass is 202 g/mol. The van der Waals surface area contributed by atoms with E-state index in [4.69, 9.17) is 16.0 Å². The van der Waals surface area contributed by atoms with Gasteiger partial charge in [-0.25, -0.2) is 0 Å².